The quantitative estimate of drug-likeness (QED) is 0.617. The molecule has 82 valence electrons. The number of nitrogens with zero attached hydrogens (tertiary/aromatic N) is 2. The molecular formula is C9H18N2O3. The Morgan fingerprint density at radius 3 is 2.93 bits per heavy atom. The molecule has 0 saturated carbocycles. The number of ether oxygens (including phenoxy) is 1. The molecule has 2 aliphatic rings. The van der Waals surface area contributed by atoms with Gasteiger partial charge in [-0.3, -0.25) is 4.84 Å². The molecule has 0 radical (unpaired) electrons. The molecule has 14 heavy (non-hydrogen) atoms. The molecule has 1 N–H and O–H groups in total. The predicted molar refractivity (Wildman–Crippen MR) is 50.8 cm³/mol. The highest BCUT2D eigenvalue weighted by molar-refractivity contribution is 4.73. The maximum absolute atomic E-state index is 9.26. The highest BCUT2D eigenvalue weighted by atomic mass is 16.7. The van der Waals surface area contributed by atoms with E-state index in [1.807, 2.05) is 0 Å². The molecule has 2 atom stereocenters. The van der Waals surface area contributed by atoms with Crippen LogP contribution >= 0.6 is 0 Å². The topological polar surface area (TPSA) is 45.2 Å². The molecule has 2 heterocycles. The average Bonchev–Trinajstić information content (AvgIpc) is 2.51. The highest BCUT2D eigenvalue weighted by Gasteiger charge is 2.26. The molecule has 0 amide bonds. The predicted octanol–water partition coefficient (Wildman–Crippen LogP) is -1.07. The molecule has 2 saturated heterocycles. The van der Waals surface area contributed by atoms with E-state index in [0.717, 1.165) is 26.2 Å². The first-order valence-electron chi connectivity index (χ1n) is 5.10. The van der Waals surface area contributed by atoms with Crippen molar-refractivity contribution in [2.24, 2.45) is 0 Å². The average molecular weight is 202 g/mol. The van der Waals surface area contributed by atoms with Crippen LogP contribution in [0.2, 0.25) is 0 Å². The summed E-state index contributed by atoms with van der Waals surface area (Å²) in [5, 5.41) is 11.1. The van der Waals surface area contributed by atoms with Gasteiger partial charge in [0.05, 0.1) is 38.5 Å². The molecule has 0 aromatic heterocycles. The van der Waals surface area contributed by atoms with Gasteiger partial charge in [-0.05, 0) is 7.05 Å². The normalized spacial score (nSPS) is 36.4. The molecule has 0 aliphatic carbocycles. The number of hydroxylamine groups is 2. The zero-order valence-corrected chi connectivity index (χ0v) is 8.56. The highest BCUT2D eigenvalue weighted by Crippen LogP contribution is 2.10. The number of rotatable bonds is 2. The molecule has 1 unspecified atom stereocenters. The number of hydrogen-bond acceptors (Lipinski definition) is 5. The fraction of sp³-hybridized carbons (Fsp3) is 1.00. The maximum Gasteiger partial charge on any atom is 0.0958 e. The van der Waals surface area contributed by atoms with Crippen LogP contribution in [0.15, 0.2) is 0 Å². The van der Waals surface area contributed by atoms with Crippen LogP contribution in [0, 0.1) is 0 Å². The Morgan fingerprint density at radius 2 is 2.29 bits per heavy atom. The lowest BCUT2D eigenvalue weighted by Gasteiger charge is -2.31. The van der Waals surface area contributed by atoms with Gasteiger partial charge in [-0.15, -0.1) is 0 Å². The molecule has 0 spiro atoms. The van der Waals surface area contributed by atoms with Crippen molar-refractivity contribution in [2.45, 2.75) is 12.2 Å². The van der Waals surface area contributed by atoms with Crippen molar-refractivity contribution in [2.75, 3.05) is 46.4 Å². The molecule has 2 aliphatic heterocycles. The van der Waals surface area contributed by atoms with E-state index in [0.29, 0.717) is 13.2 Å². The second kappa shape index (κ2) is 4.55. The van der Waals surface area contributed by atoms with Gasteiger partial charge in [0, 0.05) is 13.1 Å². The molecule has 2 fully saturated rings. The van der Waals surface area contributed by atoms with Crippen LogP contribution in [0.1, 0.15) is 0 Å². The first-order valence-corrected chi connectivity index (χ1v) is 5.10. The SMILES string of the molecule is CN1CCOC(CN2C[C@H](O)CO2)C1. The van der Waals surface area contributed by atoms with Gasteiger partial charge in [-0.25, -0.2) is 0 Å². The van der Waals surface area contributed by atoms with Crippen LogP contribution < -0.4 is 0 Å². The fourth-order valence-corrected chi connectivity index (χ4v) is 1.86. The third-order valence-electron chi connectivity index (χ3n) is 2.61. The van der Waals surface area contributed by atoms with Crippen LogP contribution in [0.4, 0.5) is 0 Å². The lowest BCUT2D eigenvalue weighted by atomic mass is 10.3. The second-order valence-electron chi connectivity index (χ2n) is 4.05. The molecule has 5 heteroatoms. The van der Waals surface area contributed by atoms with Crippen molar-refractivity contribution in [3.63, 3.8) is 0 Å². The zero-order chi connectivity index (χ0) is 9.97. The van der Waals surface area contributed by atoms with E-state index in [4.69, 9.17) is 9.57 Å². The van der Waals surface area contributed by atoms with Crippen molar-refractivity contribution in [1.29, 1.82) is 0 Å². The van der Waals surface area contributed by atoms with Gasteiger partial charge in [0.1, 0.15) is 0 Å². The van der Waals surface area contributed by atoms with Crippen LogP contribution in [0.25, 0.3) is 0 Å². The number of aliphatic hydroxyl groups is 1. The largest absolute Gasteiger partial charge is 0.389 e. The molecule has 5 nitrogen and oxygen atoms in total. The summed E-state index contributed by atoms with van der Waals surface area (Å²) in [4.78, 5) is 7.54. The smallest absolute Gasteiger partial charge is 0.0958 e. The van der Waals surface area contributed by atoms with Crippen molar-refractivity contribution >= 4 is 0 Å². The van der Waals surface area contributed by atoms with Crippen molar-refractivity contribution < 1.29 is 14.7 Å². The van der Waals surface area contributed by atoms with Gasteiger partial charge < -0.3 is 14.7 Å². The summed E-state index contributed by atoms with van der Waals surface area (Å²) in [5.74, 6) is 0. The fourth-order valence-electron chi connectivity index (χ4n) is 1.86. The third kappa shape index (κ3) is 2.65. The van der Waals surface area contributed by atoms with Gasteiger partial charge in [0.15, 0.2) is 0 Å². The lowest BCUT2D eigenvalue weighted by molar-refractivity contribution is -0.146. The summed E-state index contributed by atoms with van der Waals surface area (Å²) >= 11 is 0. The van der Waals surface area contributed by atoms with E-state index in [9.17, 15) is 5.11 Å². The van der Waals surface area contributed by atoms with Crippen LogP contribution in [-0.2, 0) is 9.57 Å². The van der Waals surface area contributed by atoms with Gasteiger partial charge in [0.2, 0.25) is 0 Å². The number of β-amino-alcohol motifs (C(OH)–C–C–N with tert-alkyl or cyclic N) is 1. The van der Waals surface area contributed by atoms with Gasteiger partial charge in [-0.2, -0.15) is 5.06 Å². The Hall–Kier alpha value is -0.200. The second-order valence-corrected chi connectivity index (χ2v) is 4.05. The molecular weight excluding hydrogens is 184 g/mol. The summed E-state index contributed by atoms with van der Waals surface area (Å²) in [6, 6.07) is 0. The van der Waals surface area contributed by atoms with Crippen molar-refractivity contribution in [3.8, 4) is 0 Å². The summed E-state index contributed by atoms with van der Waals surface area (Å²) < 4.78 is 5.60. The minimum Gasteiger partial charge on any atom is -0.389 e. The first-order chi connectivity index (χ1) is 6.74. The summed E-state index contributed by atoms with van der Waals surface area (Å²) in [6.45, 7) is 4.50. The van der Waals surface area contributed by atoms with Gasteiger partial charge in [0.25, 0.3) is 0 Å². The minimum atomic E-state index is -0.337. The maximum atomic E-state index is 9.26. The Bertz CT molecular complexity index is 191. The Labute approximate surface area is 84.1 Å². The van der Waals surface area contributed by atoms with Crippen LogP contribution in [0.5, 0.6) is 0 Å². The Balaban J connectivity index is 1.74. The molecule has 0 bridgehead atoms. The third-order valence-corrected chi connectivity index (χ3v) is 2.61. The van der Waals surface area contributed by atoms with Crippen molar-refractivity contribution in [3.05, 3.63) is 0 Å². The zero-order valence-electron chi connectivity index (χ0n) is 8.56. The molecule has 0 aromatic rings. The minimum absolute atomic E-state index is 0.207. The summed E-state index contributed by atoms with van der Waals surface area (Å²) in [5.41, 5.74) is 0. The number of likely N-dealkylation sites (N-methyl/N-ethyl adjacent to an activating group) is 1. The van der Waals surface area contributed by atoms with Crippen LogP contribution in [-0.4, -0.2) is 73.7 Å². The van der Waals surface area contributed by atoms with Crippen LogP contribution in [0.3, 0.4) is 0 Å². The first kappa shape index (κ1) is 10.3. The Kier molecular flexibility index (Phi) is 3.35. The van der Waals surface area contributed by atoms with Gasteiger partial charge in [-0.1, -0.05) is 0 Å². The molecule has 0 aromatic carbocycles. The number of hydrogen-bond donors (Lipinski definition) is 1. The Morgan fingerprint density at radius 1 is 1.43 bits per heavy atom. The van der Waals surface area contributed by atoms with E-state index in [-0.39, 0.29) is 12.2 Å². The summed E-state index contributed by atoms with van der Waals surface area (Å²) in [6.07, 6.45) is -0.129. The molecule has 2 rings (SSSR count). The van der Waals surface area contributed by atoms with E-state index < -0.39 is 0 Å². The standard InChI is InChI=1S/C9H18N2O3/c1-10-2-3-13-9(5-10)6-11-4-8(12)7-14-11/h8-9,12H,2-7H2,1H3/t8-,9?/m0/s1. The van der Waals surface area contributed by atoms with Crippen molar-refractivity contribution in [1.82, 2.24) is 9.96 Å². The van der Waals surface area contributed by atoms with E-state index in [1.54, 1.807) is 5.06 Å². The van der Waals surface area contributed by atoms with E-state index in [2.05, 4.69) is 11.9 Å². The monoisotopic (exact) mass is 202 g/mol. The number of aliphatic hydroxyl groups excluding tert-OH is 1. The van der Waals surface area contributed by atoms with E-state index >= 15 is 0 Å². The number of morpholine rings is 1. The summed E-state index contributed by atoms with van der Waals surface area (Å²) in [7, 11) is 2.09. The lowest BCUT2D eigenvalue weighted by Crippen LogP contribution is -2.45. The van der Waals surface area contributed by atoms with Gasteiger partial charge >= 0.3 is 0 Å². The van der Waals surface area contributed by atoms with E-state index in [1.165, 1.54) is 0 Å².